The number of hydrogen-bond donors (Lipinski definition) is 0. The lowest BCUT2D eigenvalue weighted by atomic mass is 10.1. The third-order valence-corrected chi connectivity index (χ3v) is 4.70. The molecule has 2 rings (SSSR count). The van der Waals surface area contributed by atoms with Gasteiger partial charge in [-0.25, -0.2) is 0 Å². The highest BCUT2D eigenvalue weighted by Gasteiger charge is 2.23. The van der Waals surface area contributed by atoms with Crippen LogP contribution < -0.4 is 0 Å². The predicted octanol–water partition coefficient (Wildman–Crippen LogP) is 2.31. The second kappa shape index (κ2) is 10.5. The van der Waals surface area contributed by atoms with E-state index in [-0.39, 0.29) is 17.8 Å². The first kappa shape index (κ1) is 20.7. The molecule has 26 heavy (non-hydrogen) atoms. The molecule has 1 aliphatic rings. The molecule has 1 atom stereocenters. The average molecular weight is 383 g/mol. The molecule has 7 heteroatoms. The molecule has 0 aromatic heterocycles. The molecule has 0 N–H and O–H groups in total. The molecule has 1 aromatic carbocycles. The summed E-state index contributed by atoms with van der Waals surface area (Å²) in [5.74, 6) is -0.821. The van der Waals surface area contributed by atoms with Crippen LogP contribution in [-0.4, -0.2) is 74.7 Å². The number of hydrogen-bond acceptors (Lipinski definition) is 5. The number of morpholine rings is 1. The van der Waals surface area contributed by atoms with Gasteiger partial charge in [-0.2, -0.15) is 0 Å². The second-order valence-electron chi connectivity index (χ2n) is 6.49. The number of benzene rings is 1. The minimum absolute atomic E-state index is 0.120. The summed E-state index contributed by atoms with van der Waals surface area (Å²) in [5, 5.41) is 0.519. The molecule has 1 unspecified atom stereocenters. The molecule has 0 spiro atoms. The zero-order valence-electron chi connectivity index (χ0n) is 15.4. The van der Waals surface area contributed by atoms with Gasteiger partial charge in [0.15, 0.2) is 0 Å². The van der Waals surface area contributed by atoms with Gasteiger partial charge < -0.3 is 14.4 Å². The predicted molar refractivity (Wildman–Crippen MR) is 100 cm³/mol. The molecule has 0 aliphatic carbocycles. The van der Waals surface area contributed by atoms with Crippen molar-refractivity contribution in [1.82, 2.24) is 9.80 Å². The van der Waals surface area contributed by atoms with Crippen molar-refractivity contribution in [3.63, 3.8) is 0 Å². The van der Waals surface area contributed by atoms with Gasteiger partial charge in [-0.1, -0.05) is 24.6 Å². The van der Waals surface area contributed by atoms with Gasteiger partial charge in [-0.15, -0.1) is 0 Å². The highest BCUT2D eigenvalue weighted by molar-refractivity contribution is 6.30. The minimum atomic E-state index is -0.383. The molecule has 1 fully saturated rings. The summed E-state index contributed by atoms with van der Waals surface area (Å²) >= 11 is 6.01. The molecule has 1 amide bonds. The number of rotatable bonds is 8. The molecule has 1 aliphatic heterocycles. The molecular formula is C19H27ClN2O4. The summed E-state index contributed by atoms with van der Waals surface area (Å²) in [7, 11) is 1.36. The molecule has 0 saturated carbocycles. The Hall–Kier alpha value is -1.63. The summed E-state index contributed by atoms with van der Waals surface area (Å²) in [6.07, 6.45) is 0.834. The third kappa shape index (κ3) is 6.27. The van der Waals surface area contributed by atoms with Gasteiger partial charge in [-0.05, 0) is 24.6 Å². The van der Waals surface area contributed by atoms with Crippen LogP contribution in [-0.2, 0) is 14.3 Å². The van der Waals surface area contributed by atoms with Crippen molar-refractivity contribution in [2.45, 2.75) is 13.3 Å². The number of nitrogens with zero attached hydrogens (tertiary/aromatic N) is 2. The number of carbonyl (C=O) groups is 2. The normalized spacial score (nSPS) is 16.1. The fourth-order valence-corrected chi connectivity index (χ4v) is 3.19. The van der Waals surface area contributed by atoms with Crippen molar-refractivity contribution >= 4 is 23.5 Å². The van der Waals surface area contributed by atoms with Crippen LogP contribution >= 0.6 is 11.6 Å². The van der Waals surface area contributed by atoms with Crippen molar-refractivity contribution in [1.29, 1.82) is 0 Å². The average Bonchev–Trinajstić information content (AvgIpc) is 2.66. The molecule has 1 heterocycles. The van der Waals surface area contributed by atoms with Gasteiger partial charge in [0.1, 0.15) is 0 Å². The fraction of sp³-hybridized carbons (Fsp3) is 0.579. The lowest BCUT2D eigenvalue weighted by molar-refractivity contribution is -0.145. The molecular weight excluding hydrogens is 356 g/mol. The van der Waals surface area contributed by atoms with E-state index in [2.05, 4.69) is 4.90 Å². The zero-order valence-corrected chi connectivity index (χ0v) is 16.2. The lowest BCUT2D eigenvalue weighted by Gasteiger charge is -2.29. The van der Waals surface area contributed by atoms with E-state index in [1.165, 1.54) is 7.11 Å². The Bertz CT molecular complexity index is 605. The first-order valence-electron chi connectivity index (χ1n) is 8.94. The quantitative estimate of drug-likeness (QED) is 0.646. The Morgan fingerprint density at radius 2 is 2.08 bits per heavy atom. The van der Waals surface area contributed by atoms with E-state index in [4.69, 9.17) is 21.1 Å². The first-order chi connectivity index (χ1) is 12.5. The number of ether oxygens (including phenoxy) is 2. The Balaban J connectivity index is 2.00. The van der Waals surface area contributed by atoms with Crippen LogP contribution in [0.3, 0.4) is 0 Å². The van der Waals surface area contributed by atoms with Gasteiger partial charge in [0.05, 0.1) is 26.2 Å². The molecule has 0 bridgehead atoms. The van der Waals surface area contributed by atoms with Gasteiger partial charge in [0.2, 0.25) is 0 Å². The van der Waals surface area contributed by atoms with E-state index < -0.39 is 0 Å². The van der Waals surface area contributed by atoms with E-state index in [0.29, 0.717) is 23.7 Å². The number of carbonyl (C=O) groups excluding carboxylic acids is 2. The Morgan fingerprint density at radius 1 is 1.35 bits per heavy atom. The molecule has 1 saturated heterocycles. The first-order valence-corrected chi connectivity index (χ1v) is 9.32. The van der Waals surface area contributed by atoms with E-state index in [0.717, 1.165) is 39.3 Å². The topological polar surface area (TPSA) is 59.1 Å². The highest BCUT2D eigenvalue weighted by atomic mass is 35.5. The van der Waals surface area contributed by atoms with Gasteiger partial charge >= 0.3 is 5.97 Å². The van der Waals surface area contributed by atoms with E-state index >= 15 is 0 Å². The Labute approximate surface area is 160 Å². The Kier molecular flexibility index (Phi) is 8.35. The molecule has 1 aromatic rings. The maximum Gasteiger partial charge on any atom is 0.310 e. The van der Waals surface area contributed by atoms with E-state index in [1.807, 2.05) is 0 Å². The van der Waals surface area contributed by atoms with E-state index in [1.54, 1.807) is 36.1 Å². The van der Waals surface area contributed by atoms with Crippen LogP contribution in [0, 0.1) is 5.92 Å². The summed E-state index contributed by atoms with van der Waals surface area (Å²) in [4.78, 5) is 28.7. The van der Waals surface area contributed by atoms with Crippen LogP contribution in [0.25, 0.3) is 0 Å². The lowest BCUT2D eigenvalue weighted by Crippen LogP contribution is -2.41. The maximum absolute atomic E-state index is 12.9. The summed E-state index contributed by atoms with van der Waals surface area (Å²) < 4.78 is 10.2. The van der Waals surface area contributed by atoms with E-state index in [9.17, 15) is 9.59 Å². The second-order valence-corrected chi connectivity index (χ2v) is 6.93. The SMILES string of the molecule is COC(=O)C(C)CN(CCCN1CCOCC1)C(=O)c1cccc(Cl)c1. The highest BCUT2D eigenvalue weighted by Crippen LogP contribution is 2.15. The Morgan fingerprint density at radius 3 is 2.73 bits per heavy atom. The monoisotopic (exact) mass is 382 g/mol. The van der Waals surface area contributed by atoms with Crippen LogP contribution in [0.1, 0.15) is 23.7 Å². The van der Waals surface area contributed by atoms with Crippen LogP contribution in [0.2, 0.25) is 5.02 Å². The smallest absolute Gasteiger partial charge is 0.310 e. The number of esters is 1. The molecule has 6 nitrogen and oxygen atoms in total. The van der Waals surface area contributed by atoms with Gasteiger partial charge in [-0.3, -0.25) is 14.5 Å². The van der Waals surface area contributed by atoms with Crippen molar-refractivity contribution in [2.75, 3.05) is 53.0 Å². The number of amides is 1. The maximum atomic E-state index is 12.9. The summed E-state index contributed by atoms with van der Waals surface area (Å²) in [6.45, 7) is 6.91. The van der Waals surface area contributed by atoms with Crippen molar-refractivity contribution in [2.24, 2.45) is 5.92 Å². The fourth-order valence-electron chi connectivity index (χ4n) is 3.00. The van der Waals surface area contributed by atoms with Crippen molar-refractivity contribution in [3.8, 4) is 0 Å². The van der Waals surface area contributed by atoms with Crippen LogP contribution in [0.4, 0.5) is 0 Å². The molecule has 0 radical (unpaired) electrons. The largest absolute Gasteiger partial charge is 0.469 e. The number of halogens is 1. The van der Waals surface area contributed by atoms with Gasteiger partial charge in [0, 0.05) is 43.3 Å². The molecule has 144 valence electrons. The third-order valence-electron chi connectivity index (χ3n) is 4.46. The minimum Gasteiger partial charge on any atom is -0.469 e. The van der Waals surface area contributed by atoms with Crippen molar-refractivity contribution in [3.05, 3.63) is 34.9 Å². The van der Waals surface area contributed by atoms with Gasteiger partial charge in [0.25, 0.3) is 5.91 Å². The van der Waals surface area contributed by atoms with Crippen LogP contribution in [0.15, 0.2) is 24.3 Å². The zero-order chi connectivity index (χ0) is 18.9. The van der Waals surface area contributed by atoms with Crippen LogP contribution in [0.5, 0.6) is 0 Å². The summed E-state index contributed by atoms with van der Waals surface area (Å²) in [6, 6.07) is 6.89. The summed E-state index contributed by atoms with van der Waals surface area (Å²) in [5.41, 5.74) is 0.529. The number of methoxy groups -OCH3 is 1. The van der Waals surface area contributed by atoms with Crippen molar-refractivity contribution < 1.29 is 19.1 Å². The standard InChI is InChI=1S/C19H27ClN2O4/c1-15(19(24)25-2)14-22(8-4-7-21-9-11-26-12-10-21)18(23)16-5-3-6-17(20)13-16/h3,5-6,13,15H,4,7-12,14H2,1-2H3.